The Hall–Kier alpha value is -1.38. The van der Waals surface area contributed by atoms with Crippen molar-refractivity contribution in [1.29, 1.82) is 0 Å². The predicted octanol–water partition coefficient (Wildman–Crippen LogP) is 1.73. The van der Waals surface area contributed by atoms with Gasteiger partial charge in [-0.05, 0) is 19.1 Å². The van der Waals surface area contributed by atoms with Gasteiger partial charge in [0.05, 0.1) is 18.0 Å². The first-order valence-electron chi connectivity index (χ1n) is 4.35. The lowest BCUT2D eigenvalue weighted by atomic mass is 10.2. The highest BCUT2D eigenvalue weighted by Crippen LogP contribution is 2.32. The molecular weight excluding hydrogens is 164 g/mol. The first kappa shape index (κ1) is 9.71. The van der Waals surface area contributed by atoms with E-state index >= 15 is 0 Å². The molecule has 3 heteroatoms. The molecule has 0 heterocycles. The maximum Gasteiger partial charge on any atom is 0.165 e. The van der Waals surface area contributed by atoms with E-state index in [0.717, 1.165) is 11.4 Å². The second-order valence-electron chi connectivity index (χ2n) is 3.02. The Balaban J connectivity index is 3.09. The molecule has 0 radical (unpaired) electrons. The average Bonchev–Trinajstić information content (AvgIpc) is 2.08. The quantitative estimate of drug-likeness (QED) is 0.720. The Morgan fingerprint density at radius 3 is 2.62 bits per heavy atom. The summed E-state index contributed by atoms with van der Waals surface area (Å²) >= 11 is 0. The second kappa shape index (κ2) is 4.03. The normalized spacial score (nSPS) is 9.77. The molecule has 0 aliphatic heterocycles. The number of benzene rings is 1. The molecule has 13 heavy (non-hydrogen) atoms. The van der Waals surface area contributed by atoms with E-state index in [1.807, 2.05) is 44.1 Å². The molecule has 1 aromatic carbocycles. The zero-order chi connectivity index (χ0) is 9.84. The summed E-state index contributed by atoms with van der Waals surface area (Å²) in [7, 11) is 3.94. The number of ether oxygens (including phenoxy) is 1. The highest BCUT2D eigenvalue weighted by Gasteiger charge is 2.07. The summed E-state index contributed by atoms with van der Waals surface area (Å²) in [5.41, 5.74) is 7.50. The van der Waals surface area contributed by atoms with Crippen molar-refractivity contribution in [2.45, 2.75) is 6.92 Å². The third kappa shape index (κ3) is 2.05. The fourth-order valence-electron chi connectivity index (χ4n) is 1.20. The summed E-state index contributed by atoms with van der Waals surface area (Å²) in [6.45, 7) is 2.58. The van der Waals surface area contributed by atoms with Crippen molar-refractivity contribution < 1.29 is 4.74 Å². The standard InChI is InChI=1S/C10H16N2O/c1-4-13-10-8(11)6-5-7-9(10)12(2)3/h5-7H,4,11H2,1-3H3. The van der Waals surface area contributed by atoms with Crippen LogP contribution in [0.1, 0.15) is 6.92 Å². The molecule has 3 nitrogen and oxygen atoms in total. The fourth-order valence-corrected chi connectivity index (χ4v) is 1.20. The zero-order valence-electron chi connectivity index (χ0n) is 8.37. The van der Waals surface area contributed by atoms with Crippen LogP contribution < -0.4 is 15.4 Å². The predicted molar refractivity (Wildman–Crippen MR) is 56.4 cm³/mol. The Morgan fingerprint density at radius 2 is 2.08 bits per heavy atom. The topological polar surface area (TPSA) is 38.5 Å². The first-order valence-corrected chi connectivity index (χ1v) is 4.35. The highest BCUT2D eigenvalue weighted by atomic mass is 16.5. The zero-order valence-corrected chi connectivity index (χ0v) is 8.37. The minimum atomic E-state index is 0.634. The van der Waals surface area contributed by atoms with Crippen LogP contribution in [0.25, 0.3) is 0 Å². The number of hydrogen-bond donors (Lipinski definition) is 1. The molecule has 0 bridgehead atoms. The molecule has 0 aromatic heterocycles. The summed E-state index contributed by atoms with van der Waals surface area (Å²) in [5.74, 6) is 0.773. The van der Waals surface area contributed by atoms with Crippen LogP contribution >= 0.6 is 0 Å². The molecular formula is C10H16N2O. The van der Waals surface area contributed by atoms with E-state index in [1.54, 1.807) is 0 Å². The van der Waals surface area contributed by atoms with Gasteiger partial charge in [0.25, 0.3) is 0 Å². The van der Waals surface area contributed by atoms with Crippen LogP contribution in [0.4, 0.5) is 11.4 Å². The summed E-state index contributed by atoms with van der Waals surface area (Å²) < 4.78 is 5.46. The minimum Gasteiger partial charge on any atom is -0.490 e. The van der Waals surface area contributed by atoms with Gasteiger partial charge >= 0.3 is 0 Å². The SMILES string of the molecule is CCOc1c(N)cccc1N(C)C. The van der Waals surface area contributed by atoms with E-state index in [1.165, 1.54) is 0 Å². The smallest absolute Gasteiger partial charge is 0.165 e. The van der Waals surface area contributed by atoms with Crippen molar-refractivity contribution in [3.63, 3.8) is 0 Å². The summed E-state index contributed by atoms with van der Waals surface area (Å²) in [4.78, 5) is 1.99. The molecule has 0 aliphatic carbocycles. The van der Waals surface area contributed by atoms with Gasteiger partial charge in [0.2, 0.25) is 0 Å². The van der Waals surface area contributed by atoms with Gasteiger partial charge in [-0.2, -0.15) is 0 Å². The molecule has 0 aliphatic rings. The summed E-state index contributed by atoms with van der Waals surface area (Å²) in [6.07, 6.45) is 0. The summed E-state index contributed by atoms with van der Waals surface area (Å²) in [6, 6.07) is 5.76. The molecule has 0 spiro atoms. The monoisotopic (exact) mass is 180 g/mol. The average molecular weight is 180 g/mol. The molecule has 2 N–H and O–H groups in total. The lowest BCUT2D eigenvalue weighted by Crippen LogP contribution is -2.11. The van der Waals surface area contributed by atoms with E-state index in [0.29, 0.717) is 12.3 Å². The van der Waals surface area contributed by atoms with Gasteiger partial charge in [0, 0.05) is 14.1 Å². The molecule has 0 atom stereocenters. The van der Waals surface area contributed by atoms with Crippen LogP contribution in [0.2, 0.25) is 0 Å². The largest absolute Gasteiger partial charge is 0.490 e. The van der Waals surface area contributed by atoms with Crippen LogP contribution in [-0.2, 0) is 0 Å². The van der Waals surface area contributed by atoms with Crippen LogP contribution in [0.3, 0.4) is 0 Å². The van der Waals surface area contributed by atoms with Crippen LogP contribution in [0.5, 0.6) is 5.75 Å². The number of anilines is 2. The van der Waals surface area contributed by atoms with Gasteiger partial charge in [0.15, 0.2) is 5.75 Å². The molecule has 1 rings (SSSR count). The number of nitrogens with zero attached hydrogens (tertiary/aromatic N) is 1. The Labute approximate surface area is 79.1 Å². The van der Waals surface area contributed by atoms with E-state index in [2.05, 4.69) is 0 Å². The molecule has 0 fully saturated rings. The van der Waals surface area contributed by atoms with Gasteiger partial charge in [-0.3, -0.25) is 0 Å². The van der Waals surface area contributed by atoms with E-state index < -0.39 is 0 Å². The third-order valence-electron chi connectivity index (χ3n) is 1.80. The maximum atomic E-state index is 5.79. The van der Waals surface area contributed by atoms with Crippen LogP contribution in [0, 0.1) is 0 Å². The number of hydrogen-bond acceptors (Lipinski definition) is 3. The second-order valence-corrected chi connectivity index (χ2v) is 3.02. The Morgan fingerprint density at radius 1 is 1.38 bits per heavy atom. The van der Waals surface area contributed by atoms with Crippen molar-refractivity contribution in [2.75, 3.05) is 31.3 Å². The number of nitrogen functional groups attached to an aromatic ring is 1. The third-order valence-corrected chi connectivity index (χ3v) is 1.80. The summed E-state index contributed by atoms with van der Waals surface area (Å²) in [5, 5.41) is 0. The first-order chi connectivity index (χ1) is 6.16. The fraction of sp³-hybridized carbons (Fsp3) is 0.400. The van der Waals surface area contributed by atoms with Crippen molar-refractivity contribution in [1.82, 2.24) is 0 Å². The molecule has 0 amide bonds. The van der Waals surface area contributed by atoms with Crippen molar-refractivity contribution >= 4 is 11.4 Å². The van der Waals surface area contributed by atoms with Crippen molar-refractivity contribution in [2.24, 2.45) is 0 Å². The maximum absolute atomic E-state index is 5.79. The van der Waals surface area contributed by atoms with E-state index in [9.17, 15) is 0 Å². The van der Waals surface area contributed by atoms with E-state index in [4.69, 9.17) is 10.5 Å². The molecule has 1 aromatic rings. The van der Waals surface area contributed by atoms with Crippen molar-refractivity contribution in [3.8, 4) is 5.75 Å². The van der Waals surface area contributed by atoms with Gasteiger partial charge in [-0.15, -0.1) is 0 Å². The lowest BCUT2D eigenvalue weighted by molar-refractivity contribution is 0.343. The van der Waals surface area contributed by atoms with Gasteiger partial charge in [0.1, 0.15) is 0 Å². The lowest BCUT2D eigenvalue weighted by Gasteiger charge is -2.18. The number of nitrogens with two attached hydrogens (primary N) is 1. The molecule has 0 unspecified atom stereocenters. The molecule has 0 saturated heterocycles. The number of rotatable bonds is 3. The van der Waals surface area contributed by atoms with Crippen LogP contribution in [0.15, 0.2) is 18.2 Å². The van der Waals surface area contributed by atoms with Crippen LogP contribution in [-0.4, -0.2) is 20.7 Å². The minimum absolute atomic E-state index is 0.634. The Kier molecular flexibility index (Phi) is 3.01. The Bertz CT molecular complexity index is 284. The van der Waals surface area contributed by atoms with Gasteiger partial charge in [-0.25, -0.2) is 0 Å². The molecule has 72 valence electrons. The molecule has 0 saturated carbocycles. The number of para-hydroxylation sites is 1. The van der Waals surface area contributed by atoms with Gasteiger partial charge < -0.3 is 15.4 Å². The van der Waals surface area contributed by atoms with Crippen molar-refractivity contribution in [3.05, 3.63) is 18.2 Å². The van der Waals surface area contributed by atoms with E-state index in [-0.39, 0.29) is 0 Å². The highest BCUT2D eigenvalue weighted by molar-refractivity contribution is 5.69. The van der Waals surface area contributed by atoms with Gasteiger partial charge in [-0.1, -0.05) is 6.07 Å².